The second-order valence-corrected chi connectivity index (χ2v) is 6.09. The molecular formula is C15H23Cl2N3O. The molecule has 1 aliphatic carbocycles. The minimum atomic E-state index is 0.433. The fraction of sp³-hybridized carbons (Fsp3) is 0.667. The quantitative estimate of drug-likeness (QED) is 0.684. The molecule has 0 saturated heterocycles. The van der Waals surface area contributed by atoms with Crippen molar-refractivity contribution in [2.45, 2.75) is 45.1 Å². The lowest BCUT2D eigenvalue weighted by molar-refractivity contribution is 0.0659. The number of aromatic nitrogens is 1. The molecule has 1 aromatic rings. The summed E-state index contributed by atoms with van der Waals surface area (Å²) in [6.45, 7) is 4.29. The van der Waals surface area contributed by atoms with Crippen LogP contribution in [0.4, 0.5) is 11.6 Å². The SMILES string of the molecule is CCCNc1nc(NCCOC2CCCC2)c(Cl)cc1Cl. The highest BCUT2D eigenvalue weighted by molar-refractivity contribution is 6.37. The van der Waals surface area contributed by atoms with Gasteiger partial charge in [0.05, 0.1) is 22.8 Å². The van der Waals surface area contributed by atoms with E-state index in [9.17, 15) is 0 Å². The number of halogens is 2. The fourth-order valence-corrected chi connectivity index (χ4v) is 2.90. The van der Waals surface area contributed by atoms with E-state index in [1.165, 1.54) is 25.7 Å². The van der Waals surface area contributed by atoms with E-state index in [2.05, 4.69) is 22.5 Å². The van der Waals surface area contributed by atoms with Crippen molar-refractivity contribution in [2.24, 2.45) is 0 Å². The van der Waals surface area contributed by atoms with Crippen LogP contribution >= 0.6 is 23.2 Å². The first-order valence-corrected chi connectivity index (χ1v) is 8.41. The van der Waals surface area contributed by atoms with Crippen LogP contribution in [0.25, 0.3) is 0 Å². The number of hydrogen-bond acceptors (Lipinski definition) is 4. The van der Waals surface area contributed by atoms with Gasteiger partial charge in [-0.05, 0) is 25.3 Å². The third-order valence-electron chi connectivity index (χ3n) is 3.52. The lowest BCUT2D eigenvalue weighted by Gasteiger charge is -2.14. The van der Waals surface area contributed by atoms with Gasteiger partial charge in [0.2, 0.25) is 0 Å². The van der Waals surface area contributed by atoms with Gasteiger partial charge < -0.3 is 15.4 Å². The van der Waals surface area contributed by atoms with Crippen molar-refractivity contribution in [1.29, 1.82) is 0 Å². The van der Waals surface area contributed by atoms with E-state index in [1.807, 2.05) is 0 Å². The Morgan fingerprint density at radius 1 is 1.14 bits per heavy atom. The molecule has 0 radical (unpaired) electrons. The highest BCUT2D eigenvalue weighted by Crippen LogP contribution is 2.29. The summed E-state index contributed by atoms with van der Waals surface area (Å²) in [6, 6.07) is 1.72. The Hall–Kier alpha value is -0.710. The summed E-state index contributed by atoms with van der Waals surface area (Å²) in [5.74, 6) is 1.32. The van der Waals surface area contributed by atoms with Crippen LogP contribution in [0.1, 0.15) is 39.0 Å². The van der Waals surface area contributed by atoms with E-state index >= 15 is 0 Å². The number of nitrogens with one attached hydrogen (secondary N) is 2. The van der Waals surface area contributed by atoms with Crippen LogP contribution in [0.2, 0.25) is 10.0 Å². The molecule has 0 bridgehead atoms. The summed E-state index contributed by atoms with van der Waals surface area (Å²) in [4.78, 5) is 4.44. The molecule has 6 heteroatoms. The average molecular weight is 332 g/mol. The summed E-state index contributed by atoms with van der Waals surface area (Å²) in [6.07, 6.45) is 6.39. The third-order valence-corrected chi connectivity index (χ3v) is 4.10. The smallest absolute Gasteiger partial charge is 0.147 e. The monoisotopic (exact) mass is 331 g/mol. The van der Waals surface area contributed by atoms with Gasteiger partial charge in [-0.25, -0.2) is 4.98 Å². The molecule has 0 spiro atoms. The fourth-order valence-electron chi connectivity index (χ4n) is 2.41. The van der Waals surface area contributed by atoms with E-state index in [4.69, 9.17) is 27.9 Å². The standard InChI is InChI=1S/C15H23Cl2N3O/c1-2-7-18-14-12(16)10-13(17)15(20-14)19-8-9-21-11-5-3-4-6-11/h10-11H,2-9H2,1H3,(H2,18,19,20). The molecule has 0 amide bonds. The second kappa shape index (κ2) is 8.66. The normalized spacial score (nSPS) is 15.4. The average Bonchev–Trinajstić information content (AvgIpc) is 2.97. The second-order valence-electron chi connectivity index (χ2n) is 5.28. The van der Waals surface area contributed by atoms with Crippen molar-refractivity contribution in [2.75, 3.05) is 30.3 Å². The maximum absolute atomic E-state index is 6.16. The van der Waals surface area contributed by atoms with Gasteiger partial charge in [-0.15, -0.1) is 0 Å². The molecule has 1 fully saturated rings. The Labute approximate surface area is 136 Å². The molecule has 0 aromatic carbocycles. The maximum atomic E-state index is 6.16. The summed E-state index contributed by atoms with van der Waals surface area (Å²) in [5.41, 5.74) is 0. The minimum absolute atomic E-state index is 0.433. The van der Waals surface area contributed by atoms with Crippen molar-refractivity contribution >= 4 is 34.8 Å². The number of hydrogen-bond donors (Lipinski definition) is 2. The van der Waals surface area contributed by atoms with Gasteiger partial charge in [-0.2, -0.15) is 0 Å². The van der Waals surface area contributed by atoms with Crippen LogP contribution in [0.3, 0.4) is 0 Å². The van der Waals surface area contributed by atoms with Gasteiger partial charge in [-0.3, -0.25) is 0 Å². The topological polar surface area (TPSA) is 46.2 Å². The highest BCUT2D eigenvalue weighted by Gasteiger charge is 2.15. The van der Waals surface area contributed by atoms with Gasteiger partial charge in [0.1, 0.15) is 11.6 Å². The van der Waals surface area contributed by atoms with Crippen LogP contribution in [-0.2, 0) is 4.74 Å². The molecule has 2 N–H and O–H groups in total. The van der Waals surface area contributed by atoms with E-state index in [0.29, 0.717) is 40.9 Å². The Balaban J connectivity index is 1.83. The van der Waals surface area contributed by atoms with Gasteiger partial charge in [-0.1, -0.05) is 43.0 Å². The molecule has 2 rings (SSSR count). The van der Waals surface area contributed by atoms with Crippen molar-refractivity contribution < 1.29 is 4.74 Å². The van der Waals surface area contributed by atoms with Crippen molar-refractivity contribution in [3.05, 3.63) is 16.1 Å². The first kappa shape index (κ1) is 16.7. The van der Waals surface area contributed by atoms with Gasteiger partial charge in [0, 0.05) is 13.1 Å². The van der Waals surface area contributed by atoms with Gasteiger partial charge in [0.25, 0.3) is 0 Å². The molecular weight excluding hydrogens is 309 g/mol. The Bertz CT molecular complexity index is 451. The van der Waals surface area contributed by atoms with E-state index in [-0.39, 0.29) is 0 Å². The number of rotatable bonds is 8. The zero-order valence-corrected chi connectivity index (χ0v) is 13.9. The molecule has 1 saturated carbocycles. The number of ether oxygens (including phenoxy) is 1. The van der Waals surface area contributed by atoms with E-state index in [0.717, 1.165) is 13.0 Å². The molecule has 0 aliphatic heterocycles. The van der Waals surface area contributed by atoms with Crippen LogP contribution in [0.15, 0.2) is 6.07 Å². The lowest BCUT2D eigenvalue weighted by Crippen LogP contribution is -2.16. The molecule has 21 heavy (non-hydrogen) atoms. The largest absolute Gasteiger partial charge is 0.376 e. The molecule has 118 valence electrons. The first-order valence-electron chi connectivity index (χ1n) is 7.66. The summed E-state index contributed by atoms with van der Waals surface area (Å²) in [5, 5.41) is 7.48. The molecule has 1 aliphatic rings. The number of nitrogens with zero attached hydrogens (tertiary/aromatic N) is 1. The van der Waals surface area contributed by atoms with Crippen molar-refractivity contribution in [3.63, 3.8) is 0 Å². The Kier molecular flexibility index (Phi) is 6.87. The van der Waals surface area contributed by atoms with Crippen LogP contribution in [0.5, 0.6) is 0 Å². The Morgan fingerprint density at radius 3 is 2.38 bits per heavy atom. The maximum Gasteiger partial charge on any atom is 0.147 e. The summed E-state index contributed by atoms with van der Waals surface area (Å²) in [7, 11) is 0. The summed E-state index contributed by atoms with van der Waals surface area (Å²) >= 11 is 12.3. The van der Waals surface area contributed by atoms with Gasteiger partial charge >= 0.3 is 0 Å². The van der Waals surface area contributed by atoms with Crippen LogP contribution in [-0.4, -0.2) is 30.8 Å². The zero-order chi connectivity index (χ0) is 15.1. The summed E-state index contributed by atoms with van der Waals surface area (Å²) < 4.78 is 5.81. The van der Waals surface area contributed by atoms with Crippen molar-refractivity contribution in [1.82, 2.24) is 4.98 Å². The van der Waals surface area contributed by atoms with E-state index < -0.39 is 0 Å². The minimum Gasteiger partial charge on any atom is -0.376 e. The van der Waals surface area contributed by atoms with Gasteiger partial charge in [0.15, 0.2) is 0 Å². The number of pyridine rings is 1. The highest BCUT2D eigenvalue weighted by atomic mass is 35.5. The third kappa shape index (κ3) is 5.20. The van der Waals surface area contributed by atoms with Crippen LogP contribution in [0, 0.1) is 0 Å². The molecule has 1 aromatic heterocycles. The molecule has 0 unspecified atom stereocenters. The zero-order valence-electron chi connectivity index (χ0n) is 12.4. The number of anilines is 2. The molecule has 4 nitrogen and oxygen atoms in total. The van der Waals surface area contributed by atoms with Crippen molar-refractivity contribution in [3.8, 4) is 0 Å². The Morgan fingerprint density at radius 2 is 1.76 bits per heavy atom. The molecule has 0 atom stereocenters. The molecule has 1 heterocycles. The van der Waals surface area contributed by atoms with Crippen LogP contribution < -0.4 is 10.6 Å². The lowest BCUT2D eigenvalue weighted by atomic mass is 10.3. The predicted molar refractivity (Wildman–Crippen MR) is 89.7 cm³/mol. The first-order chi connectivity index (χ1) is 10.2. The van der Waals surface area contributed by atoms with E-state index in [1.54, 1.807) is 6.07 Å². The predicted octanol–water partition coefficient (Wildman–Crippen LogP) is 4.58.